The first-order valence-electron chi connectivity index (χ1n) is 13.5. The van der Waals surface area contributed by atoms with Crippen LogP contribution in [0, 0.1) is 0 Å². The highest BCUT2D eigenvalue weighted by atomic mass is 16.5. The van der Waals surface area contributed by atoms with Crippen molar-refractivity contribution in [1.29, 1.82) is 0 Å². The van der Waals surface area contributed by atoms with E-state index in [2.05, 4.69) is 10.3 Å². The molecule has 2 aromatic heterocycles. The van der Waals surface area contributed by atoms with Crippen LogP contribution in [0.5, 0.6) is 5.75 Å². The van der Waals surface area contributed by atoms with Gasteiger partial charge in [0.25, 0.3) is 0 Å². The monoisotopic (exact) mass is 513 g/mol. The number of para-hydroxylation sites is 1. The zero-order valence-electron chi connectivity index (χ0n) is 21.8. The molecule has 1 fully saturated rings. The number of carbonyl (C=O) groups excluding carboxylic acids is 2. The molecule has 0 unspecified atom stereocenters. The smallest absolute Gasteiger partial charge is 0.247 e. The molecular weight excluding hydrogens is 478 g/mol. The molecule has 2 heterocycles. The Balaban J connectivity index is 1.49. The van der Waals surface area contributed by atoms with Crippen molar-refractivity contribution in [2.24, 2.45) is 0 Å². The molecule has 4 aromatic rings. The number of aromatic amines is 1. The van der Waals surface area contributed by atoms with Crippen LogP contribution >= 0.6 is 0 Å². The van der Waals surface area contributed by atoms with Crippen molar-refractivity contribution in [1.82, 2.24) is 15.2 Å². The van der Waals surface area contributed by atoms with Gasteiger partial charge in [0.15, 0.2) is 0 Å². The van der Waals surface area contributed by atoms with Crippen LogP contribution in [0.4, 0.5) is 0 Å². The van der Waals surface area contributed by atoms with Crippen LogP contribution < -0.4 is 10.1 Å². The highest BCUT2D eigenvalue weighted by Crippen LogP contribution is 2.29. The number of nitrogens with zero attached hydrogens (tertiary/aromatic N) is 1. The van der Waals surface area contributed by atoms with Gasteiger partial charge in [0.1, 0.15) is 17.6 Å². The summed E-state index contributed by atoms with van der Waals surface area (Å²) in [6.07, 6.45) is 8.96. The van der Waals surface area contributed by atoms with Crippen LogP contribution in [0.2, 0.25) is 0 Å². The summed E-state index contributed by atoms with van der Waals surface area (Å²) in [5.74, 6) is 1.03. The van der Waals surface area contributed by atoms with Gasteiger partial charge in [-0.15, -0.1) is 0 Å². The van der Waals surface area contributed by atoms with E-state index >= 15 is 0 Å². The number of amides is 2. The van der Waals surface area contributed by atoms with Gasteiger partial charge in [0.05, 0.1) is 25.8 Å². The Kier molecular flexibility index (Phi) is 8.12. The molecule has 198 valence electrons. The average molecular weight is 514 g/mol. The fourth-order valence-electron chi connectivity index (χ4n) is 5.35. The minimum atomic E-state index is -0.810. The summed E-state index contributed by atoms with van der Waals surface area (Å²) < 4.78 is 11.3. The first-order valence-corrected chi connectivity index (χ1v) is 13.5. The number of furan rings is 1. The lowest BCUT2D eigenvalue weighted by molar-refractivity contribution is -0.141. The van der Waals surface area contributed by atoms with Gasteiger partial charge in [-0.25, -0.2) is 0 Å². The largest absolute Gasteiger partial charge is 0.494 e. The van der Waals surface area contributed by atoms with E-state index in [-0.39, 0.29) is 30.8 Å². The van der Waals surface area contributed by atoms with Gasteiger partial charge in [-0.05, 0) is 61.2 Å². The number of hydrogen-bond acceptors (Lipinski definition) is 4. The second-order valence-electron chi connectivity index (χ2n) is 9.89. The molecule has 2 N–H and O–H groups in total. The fraction of sp³-hybridized carbons (Fsp3) is 0.355. The Hall–Kier alpha value is -4.00. The van der Waals surface area contributed by atoms with E-state index in [1.807, 2.05) is 67.7 Å². The molecule has 2 aromatic carbocycles. The molecule has 5 rings (SSSR count). The van der Waals surface area contributed by atoms with Crippen molar-refractivity contribution >= 4 is 22.7 Å². The number of fused-ring (bicyclic) bond motifs is 1. The van der Waals surface area contributed by atoms with Gasteiger partial charge in [-0.1, -0.05) is 49.6 Å². The third kappa shape index (κ3) is 5.93. The molecule has 1 aliphatic rings. The highest BCUT2D eigenvalue weighted by Gasteiger charge is 2.34. The molecule has 1 aliphatic carbocycles. The van der Waals surface area contributed by atoms with E-state index < -0.39 is 6.04 Å². The van der Waals surface area contributed by atoms with Crippen molar-refractivity contribution in [3.05, 3.63) is 90.0 Å². The Morgan fingerprint density at radius 1 is 1.05 bits per heavy atom. The molecule has 0 aliphatic heterocycles. The first kappa shape index (κ1) is 25.6. The van der Waals surface area contributed by atoms with Crippen molar-refractivity contribution < 1.29 is 18.7 Å². The lowest BCUT2D eigenvalue weighted by atomic mass is 9.94. The lowest BCUT2D eigenvalue weighted by Gasteiger charge is -2.33. The molecular formula is C31H35N3O4. The zero-order valence-corrected chi connectivity index (χ0v) is 21.8. The summed E-state index contributed by atoms with van der Waals surface area (Å²) in [5.41, 5.74) is 2.61. The minimum Gasteiger partial charge on any atom is -0.494 e. The Labute approximate surface area is 223 Å². The molecule has 1 saturated carbocycles. The van der Waals surface area contributed by atoms with Gasteiger partial charge in [-0.3, -0.25) is 9.59 Å². The molecule has 38 heavy (non-hydrogen) atoms. The van der Waals surface area contributed by atoms with Crippen LogP contribution in [0.15, 0.2) is 77.5 Å². The second kappa shape index (κ2) is 12.0. The molecule has 2 amide bonds. The van der Waals surface area contributed by atoms with Crippen molar-refractivity contribution in [2.75, 3.05) is 6.61 Å². The molecule has 0 spiro atoms. The number of hydrogen-bond donors (Lipinski definition) is 2. The summed E-state index contributed by atoms with van der Waals surface area (Å²) in [4.78, 5) is 32.9. The highest BCUT2D eigenvalue weighted by molar-refractivity contribution is 5.92. The van der Waals surface area contributed by atoms with Crippen LogP contribution in [-0.4, -0.2) is 34.3 Å². The quantitative estimate of drug-likeness (QED) is 0.276. The molecule has 0 bridgehead atoms. The summed E-state index contributed by atoms with van der Waals surface area (Å²) in [5, 5.41) is 4.26. The Morgan fingerprint density at radius 2 is 1.84 bits per heavy atom. The standard InChI is InChI=1S/C31H35N3O4/c1-2-37-25-16-14-22(15-17-25)30(31(36)33-24-9-4-3-5-10-24)34(21-26-11-8-18-38-26)29(35)19-23-20-32-28-13-7-6-12-27(23)28/h6-8,11-18,20,24,30,32H,2-5,9-10,19,21H2,1H3,(H,33,36)/t30-/m0/s1. The van der Waals surface area contributed by atoms with E-state index in [0.29, 0.717) is 12.4 Å². The van der Waals surface area contributed by atoms with Gasteiger partial charge in [-0.2, -0.15) is 0 Å². The van der Waals surface area contributed by atoms with Crippen molar-refractivity contribution in [3.8, 4) is 5.75 Å². The number of H-pyrrole nitrogens is 1. The number of ether oxygens (including phenoxy) is 1. The van der Waals surface area contributed by atoms with Gasteiger partial charge < -0.3 is 24.4 Å². The molecule has 0 radical (unpaired) electrons. The molecule has 7 heteroatoms. The maximum Gasteiger partial charge on any atom is 0.247 e. The fourth-order valence-corrected chi connectivity index (χ4v) is 5.35. The van der Waals surface area contributed by atoms with E-state index in [0.717, 1.165) is 53.5 Å². The normalized spacial score (nSPS) is 14.8. The van der Waals surface area contributed by atoms with Gasteiger partial charge in [0.2, 0.25) is 11.8 Å². The second-order valence-corrected chi connectivity index (χ2v) is 9.89. The van der Waals surface area contributed by atoms with Crippen molar-refractivity contribution in [3.63, 3.8) is 0 Å². The summed E-state index contributed by atoms with van der Waals surface area (Å²) >= 11 is 0. The van der Waals surface area contributed by atoms with Crippen LogP contribution in [0.25, 0.3) is 10.9 Å². The number of aromatic nitrogens is 1. The number of rotatable bonds is 10. The zero-order chi connectivity index (χ0) is 26.3. The summed E-state index contributed by atoms with van der Waals surface area (Å²) in [7, 11) is 0. The number of nitrogens with one attached hydrogen (secondary N) is 2. The molecule has 7 nitrogen and oxygen atoms in total. The minimum absolute atomic E-state index is 0.121. The van der Waals surface area contributed by atoms with E-state index in [1.165, 1.54) is 6.42 Å². The van der Waals surface area contributed by atoms with Crippen molar-refractivity contribution in [2.45, 2.75) is 64.1 Å². The lowest BCUT2D eigenvalue weighted by Crippen LogP contribution is -2.47. The number of benzene rings is 2. The van der Waals surface area contributed by atoms with E-state index in [1.54, 1.807) is 17.2 Å². The maximum atomic E-state index is 14.0. The summed E-state index contributed by atoms with van der Waals surface area (Å²) in [6.45, 7) is 2.67. The van der Waals surface area contributed by atoms with E-state index in [4.69, 9.17) is 9.15 Å². The predicted molar refractivity (Wildman–Crippen MR) is 147 cm³/mol. The van der Waals surface area contributed by atoms with Crippen LogP contribution in [0.3, 0.4) is 0 Å². The van der Waals surface area contributed by atoms with Gasteiger partial charge in [0, 0.05) is 23.1 Å². The van der Waals surface area contributed by atoms with E-state index in [9.17, 15) is 9.59 Å². The predicted octanol–water partition coefficient (Wildman–Crippen LogP) is 5.92. The third-order valence-corrected chi connectivity index (χ3v) is 7.26. The Morgan fingerprint density at radius 3 is 2.58 bits per heavy atom. The average Bonchev–Trinajstić information content (AvgIpc) is 3.60. The Bertz CT molecular complexity index is 1340. The maximum absolute atomic E-state index is 14.0. The molecule has 1 atom stereocenters. The van der Waals surface area contributed by atoms with Gasteiger partial charge >= 0.3 is 0 Å². The molecule has 0 saturated heterocycles. The topological polar surface area (TPSA) is 87.6 Å². The third-order valence-electron chi connectivity index (χ3n) is 7.26. The van der Waals surface area contributed by atoms with Crippen LogP contribution in [-0.2, 0) is 22.6 Å². The SMILES string of the molecule is CCOc1ccc([C@@H](C(=O)NC2CCCCC2)N(Cc2ccco2)C(=O)Cc2c[nH]c3ccccc23)cc1. The van der Waals surface area contributed by atoms with Crippen LogP contribution in [0.1, 0.15) is 62.0 Å². The first-order chi connectivity index (χ1) is 18.6. The summed E-state index contributed by atoms with van der Waals surface area (Å²) in [6, 6.07) is 18.3. The number of carbonyl (C=O) groups is 2.